The van der Waals surface area contributed by atoms with Gasteiger partial charge in [-0.05, 0) is 7.05 Å². The summed E-state index contributed by atoms with van der Waals surface area (Å²) in [4.78, 5) is 12.9. The Hall–Kier alpha value is -0.450. The van der Waals surface area contributed by atoms with Crippen molar-refractivity contribution >= 4 is 5.78 Å². The first-order valence-electron chi connectivity index (χ1n) is 4.27. The highest BCUT2D eigenvalue weighted by Crippen LogP contribution is 2.02. The summed E-state index contributed by atoms with van der Waals surface area (Å²) in [5, 5.41) is 11.8. The molecule has 1 unspecified atom stereocenters. The lowest BCUT2D eigenvalue weighted by Gasteiger charge is -2.19. The van der Waals surface area contributed by atoms with Gasteiger partial charge in [-0.1, -0.05) is 0 Å². The Morgan fingerprint density at radius 2 is 2.50 bits per heavy atom. The molecule has 12 heavy (non-hydrogen) atoms. The molecule has 1 fully saturated rings. The molecule has 1 aliphatic rings. The van der Waals surface area contributed by atoms with Gasteiger partial charge in [0.05, 0.1) is 13.2 Å². The van der Waals surface area contributed by atoms with Crippen molar-refractivity contribution in [3.63, 3.8) is 0 Å². The first-order valence-corrected chi connectivity index (χ1v) is 4.27. The van der Waals surface area contributed by atoms with Crippen molar-refractivity contribution in [1.82, 2.24) is 10.2 Å². The number of Topliss-reactive ketones (excluding diaryl/α,β-unsaturated/α-hetero) is 1. The maximum atomic E-state index is 10.9. The second kappa shape index (κ2) is 4.54. The Kier molecular flexibility index (Phi) is 3.65. The van der Waals surface area contributed by atoms with Gasteiger partial charge in [-0.25, -0.2) is 0 Å². The molecule has 1 heterocycles. The van der Waals surface area contributed by atoms with Gasteiger partial charge >= 0.3 is 0 Å². The van der Waals surface area contributed by atoms with Crippen molar-refractivity contribution in [2.75, 3.05) is 33.3 Å². The van der Waals surface area contributed by atoms with E-state index in [1.165, 1.54) is 0 Å². The van der Waals surface area contributed by atoms with Crippen LogP contribution in [0.15, 0.2) is 0 Å². The molecule has 4 heteroatoms. The summed E-state index contributed by atoms with van der Waals surface area (Å²) < 4.78 is 0. The third-order valence-corrected chi connectivity index (χ3v) is 2.08. The fraction of sp³-hybridized carbons (Fsp3) is 0.875. The predicted octanol–water partition coefficient (Wildman–Crippen LogP) is -1.16. The molecule has 0 radical (unpaired) electrons. The lowest BCUT2D eigenvalue weighted by molar-refractivity contribution is -0.116. The van der Waals surface area contributed by atoms with Crippen LogP contribution in [0.1, 0.15) is 6.42 Å². The molecule has 0 bridgehead atoms. The lowest BCUT2D eigenvalue weighted by Crippen LogP contribution is -2.36. The molecule has 4 nitrogen and oxygen atoms in total. The highest BCUT2D eigenvalue weighted by Gasteiger charge is 2.21. The monoisotopic (exact) mass is 172 g/mol. The summed E-state index contributed by atoms with van der Waals surface area (Å²) in [6.45, 7) is 2.20. The van der Waals surface area contributed by atoms with E-state index in [2.05, 4.69) is 5.32 Å². The van der Waals surface area contributed by atoms with Crippen LogP contribution in [0.4, 0.5) is 0 Å². The number of hydrogen-bond acceptors (Lipinski definition) is 4. The smallest absolute Gasteiger partial charge is 0.148 e. The molecule has 0 amide bonds. The zero-order valence-electron chi connectivity index (χ0n) is 7.42. The predicted molar refractivity (Wildman–Crippen MR) is 46.0 cm³/mol. The molecule has 0 aromatic rings. The van der Waals surface area contributed by atoms with Gasteiger partial charge in [-0.15, -0.1) is 0 Å². The number of ketones is 1. The number of aliphatic hydroxyl groups excluding tert-OH is 1. The number of likely N-dealkylation sites (N-methyl/N-ethyl adjacent to an activating group) is 1. The molecule has 0 aliphatic carbocycles. The fourth-order valence-electron chi connectivity index (χ4n) is 1.44. The van der Waals surface area contributed by atoms with Crippen LogP contribution in [-0.2, 0) is 4.79 Å². The molecular weight excluding hydrogens is 156 g/mol. The Bertz CT molecular complexity index is 161. The van der Waals surface area contributed by atoms with E-state index >= 15 is 0 Å². The second-order valence-electron chi connectivity index (χ2n) is 3.31. The van der Waals surface area contributed by atoms with Crippen LogP contribution in [0.25, 0.3) is 0 Å². The van der Waals surface area contributed by atoms with Crippen molar-refractivity contribution in [2.24, 2.45) is 0 Å². The fourth-order valence-corrected chi connectivity index (χ4v) is 1.44. The minimum atomic E-state index is 0.178. The highest BCUT2D eigenvalue weighted by atomic mass is 16.3. The van der Waals surface area contributed by atoms with Gasteiger partial charge in [-0.2, -0.15) is 0 Å². The molecular formula is C8H16N2O2. The van der Waals surface area contributed by atoms with Crippen molar-refractivity contribution in [3.05, 3.63) is 0 Å². The number of carbonyl (C=O) groups excluding carboxylic acids is 1. The van der Waals surface area contributed by atoms with Crippen LogP contribution in [0, 0.1) is 0 Å². The SMILES string of the molecule is CN(CCO)CC1CC(=O)CN1. The Morgan fingerprint density at radius 3 is 3.00 bits per heavy atom. The molecule has 2 N–H and O–H groups in total. The van der Waals surface area contributed by atoms with Crippen LogP contribution in [0.5, 0.6) is 0 Å². The third kappa shape index (κ3) is 2.89. The summed E-state index contributed by atoms with van der Waals surface area (Å²) in [6, 6.07) is 0.286. The molecule has 1 rings (SSSR count). The molecule has 1 aliphatic heterocycles. The van der Waals surface area contributed by atoms with Crippen LogP contribution < -0.4 is 5.32 Å². The molecule has 0 aromatic carbocycles. The summed E-state index contributed by atoms with van der Waals surface area (Å²) in [5.41, 5.74) is 0. The first kappa shape index (κ1) is 9.64. The van der Waals surface area contributed by atoms with Crippen LogP contribution in [-0.4, -0.2) is 55.1 Å². The van der Waals surface area contributed by atoms with E-state index in [1.807, 2.05) is 11.9 Å². The topological polar surface area (TPSA) is 52.6 Å². The average Bonchev–Trinajstić information content (AvgIpc) is 2.36. The summed E-state index contributed by atoms with van der Waals surface area (Å²) in [5.74, 6) is 0.289. The van der Waals surface area contributed by atoms with E-state index in [-0.39, 0.29) is 18.4 Å². The molecule has 0 saturated carbocycles. The number of hydrogen-bond donors (Lipinski definition) is 2. The Morgan fingerprint density at radius 1 is 1.75 bits per heavy atom. The highest BCUT2D eigenvalue weighted by molar-refractivity contribution is 5.83. The Balaban J connectivity index is 2.18. The average molecular weight is 172 g/mol. The minimum Gasteiger partial charge on any atom is -0.395 e. The molecule has 1 atom stereocenters. The van der Waals surface area contributed by atoms with Gasteiger partial charge in [0.25, 0.3) is 0 Å². The van der Waals surface area contributed by atoms with Gasteiger partial charge in [0.1, 0.15) is 5.78 Å². The number of rotatable bonds is 4. The van der Waals surface area contributed by atoms with Gasteiger partial charge < -0.3 is 15.3 Å². The molecule has 70 valence electrons. The third-order valence-electron chi connectivity index (χ3n) is 2.08. The summed E-state index contributed by atoms with van der Waals surface area (Å²) in [7, 11) is 1.95. The number of nitrogens with zero attached hydrogens (tertiary/aromatic N) is 1. The standard InChI is InChI=1S/C8H16N2O2/c1-10(2-3-11)6-7-4-8(12)5-9-7/h7,9,11H,2-6H2,1H3. The van der Waals surface area contributed by atoms with E-state index in [0.29, 0.717) is 19.5 Å². The zero-order chi connectivity index (χ0) is 8.97. The quantitative estimate of drug-likeness (QED) is 0.562. The number of nitrogens with one attached hydrogen (secondary N) is 1. The van der Waals surface area contributed by atoms with Gasteiger partial charge in [0.2, 0.25) is 0 Å². The van der Waals surface area contributed by atoms with E-state index in [9.17, 15) is 4.79 Å². The largest absolute Gasteiger partial charge is 0.395 e. The van der Waals surface area contributed by atoms with Crippen molar-refractivity contribution in [3.8, 4) is 0 Å². The lowest BCUT2D eigenvalue weighted by atomic mass is 10.2. The van der Waals surface area contributed by atoms with Crippen molar-refractivity contribution in [1.29, 1.82) is 0 Å². The molecule has 1 saturated heterocycles. The van der Waals surface area contributed by atoms with E-state index in [0.717, 1.165) is 6.54 Å². The van der Waals surface area contributed by atoms with Crippen molar-refractivity contribution < 1.29 is 9.90 Å². The van der Waals surface area contributed by atoms with Gasteiger partial charge in [0, 0.05) is 25.6 Å². The molecule has 0 aromatic heterocycles. The maximum Gasteiger partial charge on any atom is 0.148 e. The van der Waals surface area contributed by atoms with E-state index < -0.39 is 0 Å². The van der Waals surface area contributed by atoms with Crippen LogP contribution in [0.2, 0.25) is 0 Å². The first-order chi connectivity index (χ1) is 5.72. The Labute approximate surface area is 72.6 Å². The number of carbonyl (C=O) groups is 1. The number of aliphatic hydroxyl groups is 1. The van der Waals surface area contributed by atoms with Gasteiger partial charge in [-0.3, -0.25) is 4.79 Å². The molecule has 0 spiro atoms. The second-order valence-corrected chi connectivity index (χ2v) is 3.31. The van der Waals surface area contributed by atoms with Crippen LogP contribution in [0.3, 0.4) is 0 Å². The maximum absolute atomic E-state index is 10.9. The van der Waals surface area contributed by atoms with Gasteiger partial charge in [0.15, 0.2) is 0 Å². The summed E-state index contributed by atoms with van der Waals surface area (Å²) >= 11 is 0. The van der Waals surface area contributed by atoms with Crippen LogP contribution >= 0.6 is 0 Å². The van der Waals surface area contributed by atoms with E-state index in [4.69, 9.17) is 5.11 Å². The van der Waals surface area contributed by atoms with Crippen molar-refractivity contribution in [2.45, 2.75) is 12.5 Å². The normalized spacial score (nSPS) is 23.9. The van der Waals surface area contributed by atoms with E-state index in [1.54, 1.807) is 0 Å². The zero-order valence-corrected chi connectivity index (χ0v) is 7.42. The summed E-state index contributed by atoms with van der Waals surface area (Å²) in [6.07, 6.45) is 0.635. The minimum absolute atomic E-state index is 0.178.